The summed E-state index contributed by atoms with van der Waals surface area (Å²) in [7, 11) is -1.43. The normalized spacial score (nSPS) is 12.4. The predicted octanol–water partition coefficient (Wildman–Crippen LogP) is 1.70. The molecule has 3 nitrogen and oxygen atoms in total. The summed E-state index contributed by atoms with van der Waals surface area (Å²) in [4.78, 5) is 0. The summed E-state index contributed by atoms with van der Waals surface area (Å²) >= 11 is 0. The summed E-state index contributed by atoms with van der Waals surface area (Å²) in [6.45, 7) is 4.12. The molecule has 0 saturated heterocycles. The number of hydrogen-bond acceptors (Lipinski definition) is 3. The van der Waals surface area contributed by atoms with Gasteiger partial charge in [-0.25, -0.2) is 0 Å². The Morgan fingerprint density at radius 2 is 1.78 bits per heavy atom. The van der Waals surface area contributed by atoms with Crippen LogP contribution in [0.5, 0.6) is 5.75 Å². The van der Waals surface area contributed by atoms with E-state index in [1.807, 2.05) is 31.2 Å². The van der Waals surface area contributed by atoms with Crippen LogP contribution in [0.2, 0.25) is 0 Å². The Morgan fingerprint density at radius 1 is 1.11 bits per heavy atom. The second-order valence-electron chi connectivity index (χ2n) is 4.48. The first-order valence-electron chi connectivity index (χ1n) is 6.16. The van der Waals surface area contributed by atoms with Crippen molar-refractivity contribution in [3.05, 3.63) is 36.4 Å². The Kier molecular flexibility index (Phi) is 3.89. The van der Waals surface area contributed by atoms with Crippen LogP contribution < -0.4 is 10.2 Å². The van der Waals surface area contributed by atoms with Gasteiger partial charge in [0.15, 0.2) is 0 Å². The molecule has 2 N–H and O–H groups in total. The smallest absolute Gasteiger partial charge is 0.488 e. The largest absolute Gasteiger partial charge is 0.491 e. The van der Waals surface area contributed by atoms with Gasteiger partial charge in [-0.1, -0.05) is 31.2 Å². The van der Waals surface area contributed by atoms with Crippen LogP contribution in [0.15, 0.2) is 36.4 Å². The zero-order valence-electron chi connectivity index (χ0n) is 10.6. The van der Waals surface area contributed by atoms with Crippen molar-refractivity contribution in [1.82, 2.24) is 0 Å². The van der Waals surface area contributed by atoms with Crippen molar-refractivity contribution in [2.45, 2.75) is 26.4 Å². The molecule has 0 aliphatic heterocycles. The quantitative estimate of drug-likeness (QED) is 0.805. The molecule has 18 heavy (non-hydrogen) atoms. The summed E-state index contributed by atoms with van der Waals surface area (Å²) in [5.74, 6) is 0.842. The molecule has 0 amide bonds. The standard InChI is InChI=1S/C14H17BO3/c1-3-10(2)18-14-7-5-11-8-13(15(16)17)6-4-12(11)9-14/h4-10,16-17H,3H2,1-2H3. The zero-order valence-corrected chi connectivity index (χ0v) is 10.6. The summed E-state index contributed by atoms with van der Waals surface area (Å²) in [6, 6.07) is 11.1. The molecule has 94 valence electrons. The van der Waals surface area contributed by atoms with Gasteiger partial charge in [-0.3, -0.25) is 0 Å². The predicted molar refractivity (Wildman–Crippen MR) is 74.2 cm³/mol. The highest BCUT2D eigenvalue weighted by molar-refractivity contribution is 6.58. The van der Waals surface area contributed by atoms with Crippen LogP contribution in [0.1, 0.15) is 20.3 Å². The lowest BCUT2D eigenvalue weighted by Gasteiger charge is -2.13. The molecule has 1 atom stereocenters. The summed E-state index contributed by atoms with van der Waals surface area (Å²) < 4.78 is 5.75. The van der Waals surface area contributed by atoms with Gasteiger partial charge in [0, 0.05) is 0 Å². The Hall–Kier alpha value is -1.52. The second-order valence-corrected chi connectivity index (χ2v) is 4.48. The molecular weight excluding hydrogens is 227 g/mol. The minimum atomic E-state index is -1.43. The second kappa shape index (κ2) is 5.42. The van der Waals surface area contributed by atoms with Crippen molar-refractivity contribution in [1.29, 1.82) is 0 Å². The lowest BCUT2D eigenvalue weighted by Crippen LogP contribution is -2.29. The minimum absolute atomic E-state index is 0.195. The molecule has 0 spiro atoms. The Balaban J connectivity index is 2.32. The van der Waals surface area contributed by atoms with Crippen LogP contribution in [0.4, 0.5) is 0 Å². The number of rotatable bonds is 4. The van der Waals surface area contributed by atoms with Gasteiger partial charge in [0.1, 0.15) is 5.75 Å². The lowest BCUT2D eigenvalue weighted by atomic mass is 9.79. The van der Waals surface area contributed by atoms with Crippen LogP contribution in [-0.4, -0.2) is 23.3 Å². The fraction of sp³-hybridized carbons (Fsp3) is 0.286. The maximum atomic E-state index is 9.12. The molecule has 0 bridgehead atoms. The van der Waals surface area contributed by atoms with Crippen LogP contribution >= 0.6 is 0 Å². The van der Waals surface area contributed by atoms with Crippen molar-refractivity contribution in [3.63, 3.8) is 0 Å². The van der Waals surface area contributed by atoms with Gasteiger partial charge in [0.05, 0.1) is 6.10 Å². The van der Waals surface area contributed by atoms with Gasteiger partial charge < -0.3 is 14.8 Å². The van der Waals surface area contributed by atoms with Gasteiger partial charge in [0.25, 0.3) is 0 Å². The first kappa shape index (κ1) is 12.9. The van der Waals surface area contributed by atoms with Crippen LogP contribution in [0.25, 0.3) is 10.8 Å². The van der Waals surface area contributed by atoms with Crippen molar-refractivity contribution in [2.75, 3.05) is 0 Å². The fourth-order valence-corrected chi connectivity index (χ4v) is 1.79. The molecule has 4 heteroatoms. The van der Waals surface area contributed by atoms with E-state index in [-0.39, 0.29) is 6.10 Å². The average molecular weight is 244 g/mol. The fourth-order valence-electron chi connectivity index (χ4n) is 1.79. The average Bonchev–Trinajstić information content (AvgIpc) is 2.37. The Labute approximate surface area is 107 Å². The third kappa shape index (κ3) is 2.83. The molecule has 2 rings (SSSR count). The molecule has 1 unspecified atom stereocenters. The van der Waals surface area contributed by atoms with Crippen LogP contribution in [0.3, 0.4) is 0 Å². The lowest BCUT2D eigenvalue weighted by molar-refractivity contribution is 0.218. The van der Waals surface area contributed by atoms with E-state index >= 15 is 0 Å². The zero-order chi connectivity index (χ0) is 13.1. The number of benzene rings is 2. The van der Waals surface area contributed by atoms with Gasteiger partial charge in [-0.05, 0) is 41.7 Å². The summed E-state index contributed by atoms with van der Waals surface area (Å²) in [5.41, 5.74) is 0.498. The van der Waals surface area contributed by atoms with Crippen molar-refractivity contribution in [3.8, 4) is 5.75 Å². The van der Waals surface area contributed by atoms with E-state index in [1.165, 1.54) is 0 Å². The first-order valence-corrected chi connectivity index (χ1v) is 6.16. The van der Waals surface area contributed by atoms with Gasteiger partial charge in [-0.2, -0.15) is 0 Å². The molecule has 0 saturated carbocycles. The molecule has 2 aromatic carbocycles. The number of fused-ring (bicyclic) bond motifs is 1. The van der Waals surface area contributed by atoms with Gasteiger partial charge in [0.2, 0.25) is 0 Å². The maximum absolute atomic E-state index is 9.12. The van der Waals surface area contributed by atoms with Crippen molar-refractivity contribution in [2.24, 2.45) is 0 Å². The SMILES string of the molecule is CCC(C)Oc1ccc2cc(B(O)O)ccc2c1. The molecule has 0 heterocycles. The van der Waals surface area contributed by atoms with Gasteiger partial charge >= 0.3 is 7.12 Å². The molecule has 0 aliphatic rings. The molecule has 0 aromatic heterocycles. The Bertz CT molecular complexity index is 540. The highest BCUT2D eigenvalue weighted by Crippen LogP contribution is 2.21. The van der Waals surface area contributed by atoms with Crippen molar-refractivity contribution >= 4 is 23.4 Å². The van der Waals surface area contributed by atoms with E-state index in [9.17, 15) is 0 Å². The summed E-state index contributed by atoms with van der Waals surface area (Å²) in [5, 5.41) is 20.2. The Morgan fingerprint density at radius 3 is 2.44 bits per heavy atom. The van der Waals surface area contributed by atoms with E-state index in [2.05, 4.69) is 6.92 Å². The van der Waals surface area contributed by atoms with Crippen LogP contribution in [0, 0.1) is 0 Å². The highest BCUT2D eigenvalue weighted by atomic mass is 16.5. The number of ether oxygens (including phenoxy) is 1. The van der Waals surface area contributed by atoms with E-state index in [0.717, 1.165) is 22.9 Å². The van der Waals surface area contributed by atoms with E-state index < -0.39 is 7.12 Å². The molecule has 0 aliphatic carbocycles. The number of hydrogen-bond donors (Lipinski definition) is 2. The third-order valence-electron chi connectivity index (χ3n) is 3.05. The molecule has 2 aromatic rings. The molecular formula is C14H17BO3. The highest BCUT2D eigenvalue weighted by Gasteiger charge is 2.11. The van der Waals surface area contributed by atoms with E-state index in [0.29, 0.717) is 5.46 Å². The van der Waals surface area contributed by atoms with Gasteiger partial charge in [-0.15, -0.1) is 0 Å². The topological polar surface area (TPSA) is 49.7 Å². The molecule has 0 radical (unpaired) electrons. The van der Waals surface area contributed by atoms with E-state index in [1.54, 1.807) is 12.1 Å². The molecule has 0 fully saturated rings. The van der Waals surface area contributed by atoms with Crippen LogP contribution in [-0.2, 0) is 0 Å². The van der Waals surface area contributed by atoms with E-state index in [4.69, 9.17) is 14.8 Å². The van der Waals surface area contributed by atoms with Crippen molar-refractivity contribution < 1.29 is 14.8 Å². The third-order valence-corrected chi connectivity index (χ3v) is 3.05. The minimum Gasteiger partial charge on any atom is -0.491 e. The monoisotopic (exact) mass is 244 g/mol. The first-order chi connectivity index (χ1) is 8.60. The maximum Gasteiger partial charge on any atom is 0.488 e. The summed E-state index contributed by atoms with van der Waals surface area (Å²) in [6.07, 6.45) is 1.16.